The lowest BCUT2D eigenvalue weighted by Crippen LogP contribution is -1.66. The minimum Gasteiger partial charge on any atom is -0.265 e. The Morgan fingerprint density at radius 1 is 0.846 bits per heavy atom. The first kappa shape index (κ1) is 9.86. The first-order chi connectivity index (χ1) is 6.39. The van der Waals surface area contributed by atoms with E-state index in [2.05, 4.69) is 25.9 Å². The monoisotopic (exact) mass is 236 g/mol. The van der Waals surface area contributed by atoms with E-state index in [9.17, 15) is 0 Å². The zero-order valence-electron chi connectivity index (χ0n) is 6.97. The molecule has 2 heterocycles. The molecule has 0 N–H and O–H groups in total. The Morgan fingerprint density at radius 3 is 1.77 bits per heavy atom. The van der Waals surface area contributed by atoms with E-state index in [-0.39, 0.29) is 0 Å². The molecule has 0 saturated heterocycles. The molecule has 0 fully saturated rings. The van der Waals surface area contributed by atoms with Crippen LogP contribution in [0.4, 0.5) is 0 Å². The van der Waals surface area contributed by atoms with Gasteiger partial charge in [0.05, 0.1) is 0 Å². The molecule has 0 aliphatic heterocycles. The number of rotatable bonds is 0. The average molecular weight is 237 g/mol. The van der Waals surface area contributed by atoms with Gasteiger partial charge in [-0.15, -0.1) is 0 Å². The predicted molar refractivity (Wildman–Crippen MR) is 56.2 cm³/mol. The van der Waals surface area contributed by atoms with Crippen LogP contribution in [0.2, 0.25) is 0 Å². The van der Waals surface area contributed by atoms with Crippen LogP contribution in [-0.4, -0.2) is 9.97 Å². The molecule has 13 heavy (non-hydrogen) atoms. The Hall–Kier alpha value is -1.22. The first-order valence-corrected chi connectivity index (χ1v) is 4.60. The van der Waals surface area contributed by atoms with Gasteiger partial charge in [-0.05, 0) is 40.2 Å². The zero-order chi connectivity index (χ0) is 9.36. The van der Waals surface area contributed by atoms with Crippen molar-refractivity contribution in [3.05, 3.63) is 59.6 Å². The molecule has 2 aromatic heterocycles. The summed E-state index contributed by atoms with van der Waals surface area (Å²) in [5, 5.41) is 0. The summed E-state index contributed by atoms with van der Waals surface area (Å²) in [5.41, 5.74) is 0. The van der Waals surface area contributed by atoms with Gasteiger partial charge in [-0.1, -0.05) is 12.1 Å². The van der Waals surface area contributed by atoms with E-state index >= 15 is 0 Å². The number of halogens is 1. The molecule has 0 atom stereocenters. The third-order valence-electron chi connectivity index (χ3n) is 1.20. The molecular weight excluding hydrogens is 228 g/mol. The number of hydrogen-bond donors (Lipinski definition) is 0. The number of pyridine rings is 2. The second kappa shape index (κ2) is 6.31. The van der Waals surface area contributed by atoms with E-state index in [1.54, 1.807) is 18.6 Å². The lowest BCUT2D eigenvalue weighted by Gasteiger charge is -1.80. The number of hydrogen-bond acceptors (Lipinski definition) is 2. The molecular formula is C10H9BrN2. The zero-order valence-corrected chi connectivity index (χ0v) is 8.55. The fraction of sp³-hybridized carbons (Fsp3) is 0. The van der Waals surface area contributed by atoms with Gasteiger partial charge in [0.2, 0.25) is 0 Å². The second-order valence-electron chi connectivity index (χ2n) is 2.18. The Kier molecular flexibility index (Phi) is 4.79. The van der Waals surface area contributed by atoms with Gasteiger partial charge in [-0.25, -0.2) is 4.98 Å². The highest BCUT2D eigenvalue weighted by molar-refractivity contribution is 9.10. The highest BCUT2D eigenvalue weighted by Crippen LogP contribution is 2.00. The number of aromatic nitrogens is 2. The van der Waals surface area contributed by atoms with Crippen molar-refractivity contribution < 1.29 is 0 Å². The Bertz CT molecular complexity index is 283. The van der Waals surface area contributed by atoms with Gasteiger partial charge in [0.1, 0.15) is 4.60 Å². The van der Waals surface area contributed by atoms with Crippen LogP contribution in [0.25, 0.3) is 0 Å². The summed E-state index contributed by atoms with van der Waals surface area (Å²) in [4.78, 5) is 7.68. The van der Waals surface area contributed by atoms with Crippen molar-refractivity contribution in [1.29, 1.82) is 0 Å². The lowest BCUT2D eigenvalue weighted by molar-refractivity contribution is 1.28. The van der Waals surface area contributed by atoms with E-state index in [4.69, 9.17) is 0 Å². The van der Waals surface area contributed by atoms with Crippen LogP contribution in [0.3, 0.4) is 0 Å². The van der Waals surface area contributed by atoms with Crippen LogP contribution in [0.1, 0.15) is 0 Å². The summed E-state index contributed by atoms with van der Waals surface area (Å²) in [6.45, 7) is 0. The molecule has 0 saturated carbocycles. The van der Waals surface area contributed by atoms with Crippen LogP contribution in [0, 0.1) is 0 Å². The first-order valence-electron chi connectivity index (χ1n) is 3.81. The van der Waals surface area contributed by atoms with Gasteiger partial charge in [0.25, 0.3) is 0 Å². The highest BCUT2D eigenvalue weighted by Gasteiger charge is 1.75. The molecule has 2 nitrogen and oxygen atoms in total. The molecule has 0 aliphatic carbocycles. The molecule has 0 aliphatic rings. The molecule has 66 valence electrons. The normalized spacial score (nSPS) is 8.38. The maximum absolute atomic E-state index is 3.90. The summed E-state index contributed by atoms with van der Waals surface area (Å²) < 4.78 is 0.884. The number of nitrogens with zero attached hydrogens (tertiary/aromatic N) is 2. The van der Waals surface area contributed by atoms with Gasteiger partial charge in [0, 0.05) is 18.6 Å². The van der Waals surface area contributed by atoms with Crippen molar-refractivity contribution in [2.75, 3.05) is 0 Å². The van der Waals surface area contributed by atoms with E-state index < -0.39 is 0 Å². The van der Waals surface area contributed by atoms with Gasteiger partial charge >= 0.3 is 0 Å². The van der Waals surface area contributed by atoms with Crippen molar-refractivity contribution in [1.82, 2.24) is 9.97 Å². The third kappa shape index (κ3) is 5.09. The van der Waals surface area contributed by atoms with E-state index in [0.717, 1.165) is 4.60 Å². The van der Waals surface area contributed by atoms with E-state index in [0.29, 0.717) is 0 Å². The summed E-state index contributed by atoms with van der Waals surface area (Å²) in [5.74, 6) is 0. The minimum absolute atomic E-state index is 0.884. The predicted octanol–water partition coefficient (Wildman–Crippen LogP) is 2.93. The summed E-state index contributed by atoms with van der Waals surface area (Å²) in [6.07, 6.45) is 5.24. The van der Waals surface area contributed by atoms with Gasteiger partial charge in [0.15, 0.2) is 0 Å². The summed E-state index contributed by atoms with van der Waals surface area (Å²) in [7, 11) is 0. The quantitative estimate of drug-likeness (QED) is 0.658. The standard InChI is InChI=1S/C5H4BrN.C5H5N/c6-5-3-1-2-4-7-5;1-2-4-6-5-3-1/h1-4H;1-5H. The molecule has 0 bridgehead atoms. The Morgan fingerprint density at radius 2 is 1.54 bits per heavy atom. The van der Waals surface area contributed by atoms with Gasteiger partial charge in [-0.3, -0.25) is 4.98 Å². The van der Waals surface area contributed by atoms with E-state index in [1.807, 2.05) is 36.4 Å². The molecule has 0 amide bonds. The third-order valence-corrected chi connectivity index (χ3v) is 1.66. The van der Waals surface area contributed by atoms with Crippen molar-refractivity contribution in [3.8, 4) is 0 Å². The molecule has 0 aromatic carbocycles. The van der Waals surface area contributed by atoms with Crippen molar-refractivity contribution in [2.45, 2.75) is 0 Å². The molecule has 2 rings (SSSR count). The van der Waals surface area contributed by atoms with Crippen molar-refractivity contribution >= 4 is 15.9 Å². The van der Waals surface area contributed by atoms with Gasteiger partial charge in [-0.2, -0.15) is 0 Å². The molecule has 0 unspecified atom stereocenters. The average Bonchev–Trinajstić information content (AvgIpc) is 2.22. The maximum Gasteiger partial charge on any atom is 0.106 e. The highest BCUT2D eigenvalue weighted by atomic mass is 79.9. The van der Waals surface area contributed by atoms with Crippen LogP contribution < -0.4 is 0 Å². The Balaban J connectivity index is 0.000000132. The van der Waals surface area contributed by atoms with Crippen LogP contribution in [0.15, 0.2) is 59.6 Å². The maximum atomic E-state index is 3.90. The lowest BCUT2D eigenvalue weighted by atomic mass is 10.5. The molecule has 0 radical (unpaired) electrons. The smallest absolute Gasteiger partial charge is 0.106 e. The van der Waals surface area contributed by atoms with Crippen LogP contribution in [-0.2, 0) is 0 Å². The minimum atomic E-state index is 0.884. The molecule has 2 aromatic rings. The SMILES string of the molecule is Brc1ccccn1.c1ccncc1. The van der Waals surface area contributed by atoms with Crippen molar-refractivity contribution in [3.63, 3.8) is 0 Å². The fourth-order valence-electron chi connectivity index (χ4n) is 0.655. The Labute approximate surface area is 85.8 Å². The fourth-order valence-corrected chi connectivity index (χ4v) is 0.925. The topological polar surface area (TPSA) is 25.8 Å². The van der Waals surface area contributed by atoms with Crippen LogP contribution in [0.5, 0.6) is 0 Å². The molecule has 0 spiro atoms. The second-order valence-corrected chi connectivity index (χ2v) is 2.99. The molecule has 3 heteroatoms. The van der Waals surface area contributed by atoms with Crippen LogP contribution >= 0.6 is 15.9 Å². The largest absolute Gasteiger partial charge is 0.265 e. The van der Waals surface area contributed by atoms with E-state index in [1.165, 1.54) is 0 Å². The van der Waals surface area contributed by atoms with Crippen molar-refractivity contribution in [2.24, 2.45) is 0 Å². The summed E-state index contributed by atoms with van der Waals surface area (Å²) >= 11 is 3.20. The summed E-state index contributed by atoms with van der Waals surface area (Å²) in [6, 6.07) is 11.4. The van der Waals surface area contributed by atoms with Gasteiger partial charge < -0.3 is 0 Å².